The standard InChI is InChI=1S/C26H31FN8O2S2/c1-24(2,3)37-23(36)35(26(15-27)6-7-26)39-17-12-18(33-10-8-29-9-11-33)20-30-13-19(34(20)14-17)21-31-32-22(38-21)25(16-28)4-5-25/h12-14,29H,4-11,15H2,1-3H3. The zero-order chi connectivity index (χ0) is 27.4. The molecule has 0 radical (unpaired) electrons. The van der Waals surface area contributed by atoms with Crippen molar-refractivity contribution in [1.82, 2.24) is 29.2 Å². The molecule has 6 rings (SSSR count). The summed E-state index contributed by atoms with van der Waals surface area (Å²) in [5.41, 5.74) is 0.387. The van der Waals surface area contributed by atoms with Crippen molar-refractivity contribution in [2.45, 2.75) is 67.9 Å². The highest BCUT2D eigenvalue weighted by atomic mass is 32.2. The largest absolute Gasteiger partial charge is 0.443 e. The topological polar surface area (TPSA) is 112 Å². The van der Waals surface area contributed by atoms with E-state index in [1.807, 2.05) is 37.4 Å². The molecule has 0 unspecified atom stereocenters. The van der Waals surface area contributed by atoms with Crippen LogP contribution in [0.15, 0.2) is 23.4 Å². The van der Waals surface area contributed by atoms with Gasteiger partial charge in [-0.3, -0.25) is 4.40 Å². The van der Waals surface area contributed by atoms with Crippen molar-refractivity contribution in [3.05, 3.63) is 23.5 Å². The van der Waals surface area contributed by atoms with Crippen LogP contribution in [0.3, 0.4) is 0 Å². The zero-order valence-electron chi connectivity index (χ0n) is 22.2. The minimum absolute atomic E-state index is 0.512. The Morgan fingerprint density at radius 1 is 1.28 bits per heavy atom. The molecule has 1 N–H and O–H groups in total. The molecule has 3 fully saturated rings. The summed E-state index contributed by atoms with van der Waals surface area (Å²) in [6.45, 7) is 8.12. The Labute approximate surface area is 234 Å². The summed E-state index contributed by atoms with van der Waals surface area (Å²) in [6.07, 6.45) is 5.93. The predicted molar refractivity (Wildman–Crippen MR) is 148 cm³/mol. The van der Waals surface area contributed by atoms with Crippen LogP contribution in [0, 0.1) is 11.3 Å². The second kappa shape index (κ2) is 9.60. The molecular weight excluding hydrogens is 539 g/mol. The molecule has 0 aromatic carbocycles. The Morgan fingerprint density at radius 2 is 2.03 bits per heavy atom. The summed E-state index contributed by atoms with van der Waals surface area (Å²) in [7, 11) is 0. The minimum Gasteiger partial charge on any atom is -0.443 e. The fourth-order valence-corrected chi connectivity index (χ4v) is 6.79. The number of carbonyl (C=O) groups excluding carboxylic acids is 1. The number of hydrogen-bond acceptors (Lipinski definition) is 10. The van der Waals surface area contributed by atoms with Crippen molar-refractivity contribution < 1.29 is 13.9 Å². The number of halogens is 1. The van der Waals surface area contributed by atoms with Gasteiger partial charge in [-0.2, -0.15) is 5.26 Å². The lowest BCUT2D eigenvalue weighted by molar-refractivity contribution is 0.0320. The van der Waals surface area contributed by atoms with Gasteiger partial charge >= 0.3 is 6.09 Å². The number of carbonyl (C=O) groups is 1. The van der Waals surface area contributed by atoms with Gasteiger partial charge < -0.3 is 15.0 Å². The van der Waals surface area contributed by atoms with E-state index >= 15 is 0 Å². The Bertz CT molecular complexity index is 1440. The third-order valence-electron chi connectivity index (χ3n) is 7.30. The van der Waals surface area contributed by atoms with Gasteiger partial charge in [-0.1, -0.05) is 11.3 Å². The maximum absolute atomic E-state index is 14.2. The number of piperazine rings is 1. The van der Waals surface area contributed by atoms with Gasteiger partial charge in [-0.05, 0) is 64.5 Å². The van der Waals surface area contributed by atoms with E-state index in [0.717, 1.165) is 66.0 Å². The lowest BCUT2D eigenvalue weighted by atomic mass is 10.1. The smallest absolute Gasteiger partial charge is 0.421 e. The van der Waals surface area contributed by atoms with E-state index in [1.165, 1.54) is 27.6 Å². The number of nitriles is 1. The monoisotopic (exact) mass is 570 g/mol. The van der Waals surface area contributed by atoms with E-state index in [-0.39, 0.29) is 0 Å². The molecule has 39 heavy (non-hydrogen) atoms. The fourth-order valence-electron chi connectivity index (χ4n) is 4.68. The van der Waals surface area contributed by atoms with Crippen molar-refractivity contribution in [3.8, 4) is 16.8 Å². The highest BCUT2D eigenvalue weighted by Gasteiger charge is 2.53. The van der Waals surface area contributed by atoms with Crippen molar-refractivity contribution in [1.29, 1.82) is 5.26 Å². The maximum Gasteiger partial charge on any atom is 0.421 e. The molecule has 0 atom stereocenters. The molecule has 3 aliphatic rings. The molecule has 13 heteroatoms. The number of amides is 1. The Kier molecular flexibility index (Phi) is 6.47. The number of aromatic nitrogens is 4. The van der Waals surface area contributed by atoms with Gasteiger partial charge in [0.05, 0.1) is 23.5 Å². The van der Waals surface area contributed by atoms with Crippen molar-refractivity contribution in [2.24, 2.45) is 0 Å². The first-order valence-electron chi connectivity index (χ1n) is 13.2. The van der Waals surface area contributed by atoms with Gasteiger partial charge in [-0.15, -0.1) is 10.2 Å². The Balaban J connectivity index is 1.42. The summed E-state index contributed by atoms with van der Waals surface area (Å²) >= 11 is 2.63. The van der Waals surface area contributed by atoms with Crippen LogP contribution < -0.4 is 10.2 Å². The zero-order valence-corrected chi connectivity index (χ0v) is 23.9. The number of imidazole rings is 1. The van der Waals surface area contributed by atoms with Crippen molar-refractivity contribution in [2.75, 3.05) is 37.8 Å². The fraction of sp³-hybridized carbons (Fsp3) is 0.577. The second-order valence-corrected chi connectivity index (χ2v) is 13.5. The summed E-state index contributed by atoms with van der Waals surface area (Å²) in [5.74, 6) is 0. The average Bonchev–Trinajstić information content (AvgIpc) is 3.80. The Hall–Kier alpha value is -2.95. The summed E-state index contributed by atoms with van der Waals surface area (Å²) in [5, 5.41) is 23.2. The number of alkyl halides is 1. The average molecular weight is 571 g/mol. The van der Waals surface area contributed by atoms with Crippen LogP contribution in [0.5, 0.6) is 0 Å². The van der Waals surface area contributed by atoms with E-state index in [4.69, 9.17) is 9.72 Å². The van der Waals surface area contributed by atoms with Crippen molar-refractivity contribution >= 4 is 40.7 Å². The van der Waals surface area contributed by atoms with E-state index in [0.29, 0.717) is 17.8 Å². The number of ether oxygens (including phenoxy) is 1. The van der Waals surface area contributed by atoms with Crippen LogP contribution in [0.1, 0.15) is 51.5 Å². The van der Waals surface area contributed by atoms with Gasteiger partial charge in [0.1, 0.15) is 28.4 Å². The summed E-state index contributed by atoms with van der Waals surface area (Å²) in [6, 6.07) is 4.41. The third-order valence-corrected chi connectivity index (χ3v) is 9.60. The first kappa shape index (κ1) is 26.3. The number of nitrogens with one attached hydrogen (secondary N) is 1. The Morgan fingerprint density at radius 3 is 2.64 bits per heavy atom. The number of hydrogen-bond donors (Lipinski definition) is 1. The molecule has 4 heterocycles. The van der Waals surface area contributed by atoms with Crippen LogP contribution >= 0.6 is 23.3 Å². The molecule has 0 spiro atoms. The lowest BCUT2D eigenvalue weighted by Gasteiger charge is -2.32. The van der Waals surface area contributed by atoms with E-state index in [9.17, 15) is 14.4 Å². The molecular formula is C26H31FN8O2S2. The van der Waals surface area contributed by atoms with Gasteiger partial charge in [0.25, 0.3) is 0 Å². The highest BCUT2D eigenvalue weighted by Crippen LogP contribution is 2.50. The third kappa shape index (κ3) is 4.94. The normalized spacial score (nSPS) is 19.5. The number of pyridine rings is 1. The van der Waals surface area contributed by atoms with Crippen LogP contribution in [0.2, 0.25) is 0 Å². The molecule has 3 aromatic rings. The highest BCUT2D eigenvalue weighted by molar-refractivity contribution is 7.97. The van der Waals surface area contributed by atoms with Gasteiger partial charge in [0.2, 0.25) is 0 Å². The van der Waals surface area contributed by atoms with Gasteiger partial charge in [-0.25, -0.2) is 18.5 Å². The molecule has 206 valence electrons. The van der Waals surface area contributed by atoms with Gasteiger partial charge in [0, 0.05) is 37.3 Å². The molecule has 1 aliphatic heterocycles. The number of anilines is 1. The number of fused-ring (bicyclic) bond motifs is 1. The van der Waals surface area contributed by atoms with E-state index < -0.39 is 29.3 Å². The van der Waals surface area contributed by atoms with Crippen LogP contribution in [-0.2, 0) is 10.2 Å². The van der Waals surface area contributed by atoms with Crippen molar-refractivity contribution in [3.63, 3.8) is 0 Å². The second-order valence-electron chi connectivity index (χ2n) is 11.5. The molecule has 10 nitrogen and oxygen atoms in total. The van der Waals surface area contributed by atoms with Crippen LogP contribution in [0.4, 0.5) is 14.9 Å². The minimum atomic E-state index is -0.862. The van der Waals surface area contributed by atoms with Crippen LogP contribution in [-0.4, -0.2) is 74.0 Å². The first-order valence-corrected chi connectivity index (χ1v) is 14.8. The summed E-state index contributed by atoms with van der Waals surface area (Å²) < 4.78 is 23.4. The molecule has 0 bridgehead atoms. The quantitative estimate of drug-likeness (QED) is 0.409. The van der Waals surface area contributed by atoms with Gasteiger partial charge in [0.15, 0.2) is 10.7 Å². The van der Waals surface area contributed by atoms with E-state index in [2.05, 4.69) is 26.5 Å². The lowest BCUT2D eigenvalue weighted by Crippen LogP contribution is -2.43. The molecule has 1 saturated heterocycles. The number of nitrogens with zero attached hydrogens (tertiary/aromatic N) is 7. The molecule has 2 aliphatic carbocycles. The SMILES string of the molecule is CC(C)(C)OC(=O)N(Sc1cc(N2CCNCC2)c2ncc(-c3nnc(C4(C#N)CC4)s3)n2c1)C1(CF)CC1. The predicted octanol–water partition coefficient (Wildman–Crippen LogP) is 4.56. The molecule has 1 amide bonds. The summed E-state index contributed by atoms with van der Waals surface area (Å²) in [4.78, 5) is 21.1. The molecule has 3 aromatic heterocycles. The van der Waals surface area contributed by atoms with Crippen LogP contribution in [0.25, 0.3) is 16.3 Å². The maximum atomic E-state index is 14.2. The number of rotatable bonds is 7. The molecule has 2 saturated carbocycles. The first-order chi connectivity index (χ1) is 18.7. The van der Waals surface area contributed by atoms with E-state index in [1.54, 1.807) is 6.20 Å².